The summed E-state index contributed by atoms with van der Waals surface area (Å²) in [5.41, 5.74) is 3.46. The van der Waals surface area contributed by atoms with Crippen molar-refractivity contribution in [2.45, 2.75) is 26.8 Å². The maximum absolute atomic E-state index is 12.4. The molecule has 0 saturated carbocycles. The van der Waals surface area contributed by atoms with E-state index in [0.717, 1.165) is 51.6 Å². The number of hydrogen-bond acceptors (Lipinski definition) is 5. The lowest BCUT2D eigenvalue weighted by Crippen LogP contribution is -2.30. The third-order valence-electron chi connectivity index (χ3n) is 4.72. The Labute approximate surface area is 150 Å². The summed E-state index contributed by atoms with van der Waals surface area (Å²) in [5.74, 6) is 0.742. The van der Waals surface area contributed by atoms with Gasteiger partial charge in [0.2, 0.25) is 0 Å². The van der Waals surface area contributed by atoms with E-state index < -0.39 is 0 Å². The van der Waals surface area contributed by atoms with E-state index in [-0.39, 0.29) is 5.56 Å². The second-order valence-corrected chi connectivity index (χ2v) is 7.65. The van der Waals surface area contributed by atoms with Gasteiger partial charge in [0.1, 0.15) is 10.7 Å². The minimum atomic E-state index is -0.0260. The van der Waals surface area contributed by atoms with E-state index in [1.165, 1.54) is 5.57 Å². The standard InChI is InChI=1S/C19H20N4OS/c1-12-13(2)25-19-17(12)18(24)21-16(22-19)11-23-8-4-6-15(10-23)14-5-3-7-20-9-14/h3,5-7,9H,4,8,10-11H2,1-2H3,(H,21,22,24). The van der Waals surface area contributed by atoms with Crippen LogP contribution in [0.15, 0.2) is 35.4 Å². The van der Waals surface area contributed by atoms with E-state index in [1.807, 2.05) is 26.1 Å². The molecule has 0 spiro atoms. The Morgan fingerprint density at radius 1 is 1.36 bits per heavy atom. The highest BCUT2D eigenvalue weighted by atomic mass is 32.1. The van der Waals surface area contributed by atoms with Gasteiger partial charge in [0.25, 0.3) is 5.56 Å². The third kappa shape index (κ3) is 3.15. The number of aryl methyl sites for hydroxylation is 2. The van der Waals surface area contributed by atoms with Gasteiger partial charge in [0, 0.05) is 30.4 Å². The molecule has 0 atom stereocenters. The summed E-state index contributed by atoms with van der Waals surface area (Å²) >= 11 is 1.60. The molecule has 4 rings (SSSR count). The van der Waals surface area contributed by atoms with E-state index in [4.69, 9.17) is 4.98 Å². The van der Waals surface area contributed by atoms with Crippen molar-refractivity contribution >= 4 is 27.1 Å². The zero-order valence-corrected chi connectivity index (χ0v) is 15.2. The summed E-state index contributed by atoms with van der Waals surface area (Å²) in [6.07, 6.45) is 6.96. The van der Waals surface area contributed by atoms with Gasteiger partial charge in [-0.2, -0.15) is 0 Å². The molecule has 1 aliphatic heterocycles. The van der Waals surface area contributed by atoms with Crippen molar-refractivity contribution in [3.8, 4) is 0 Å². The maximum Gasteiger partial charge on any atom is 0.259 e. The molecule has 4 heterocycles. The molecule has 5 nitrogen and oxygen atoms in total. The highest BCUT2D eigenvalue weighted by Crippen LogP contribution is 2.26. The van der Waals surface area contributed by atoms with Gasteiger partial charge >= 0.3 is 0 Å². The van der Waals surface area contributed by atoms with Crippen molar-refractivity contribution in [2.75, 3.05) is 13.1 Å². The Balaban J connectivity index is 1.58. The number of nitrogens with one attached hydrogen (secondary N) is 1. The first-order valence-electron chi connectivity index (χ1n) is 8.42. The summed E-state index contributed by atoms with van der Waals surface area (Å²) in [4.78, 5) is 28.6. The number of fused-ring (bicyclic) bond motifs is 1. The first-order valence-corrected chi connectivity index (χ1v) is 9.24. The first-order chi connectivity index (χ1) is 12.1. The molecule has 0 unspecified atom stereocenters. The van der Waals surface area contributed by atoms with Crippen molar-refractivity contribution in [3.63, 3.8) is 0 Å². The van der Waals surface area contributed by atoms with Crippen molar-refractivity contribution in [1.82, 2.24) is 19.9 Å². The molecule has 3 aromatic heterocycles. The summed E-state index contributed by atoms with van der Waals surface area (Å²) in [6.45, 7) is 6.49. The zero-order valence-electron chi connectivity index (χ0n) is 14.4. The van der Waals surface area contributed by atoms with Gasteiger partial charge in [0.05, 0.1) is 11.9 Å². The predicted molar refractivity (Wildman–Crippen MR) is 102 cm³/mol. The fourth-order valence-electron chi connectivity index (χ4n) is 3.29. The van der Waals surface area contributed by atoms with Crippen LogP contribution in [0, 0.1) is 13.8 Å². The molecule has 1 aliphatic rings. The van der Waals surface area contributed by atoms with Gasteiger partial charge in [-0.25, -0.2) is 4.98 Å². The van der Waals surface area contributed by atoms with Gasteiger partial charge in [-0.1, -0.05) is 12.1 Å². The Bertz CT molecular complexity index is 1000. The number of rotatable bonds is 3. The lowest BCUT2D eigenvalue weighted by atomic mass is 10.0. The van der Waals surface area contributed by atoms with Crippen LogP contribution in [0.5, 0.6) is 0 Å². The molecule has 6 heteroatoms. The highest BCUT2D eigenvalue weighted by Gasteiger charge is 2.17. The number of aromatic nitrogens is 3. The molecule has 25 heavy (non-hydrogen) atoms. The van der Waals surface area contributed by atoms with Crippen LogP contribution in [0.4, 0.5) is 0 Å². The summed E-state index contributed by atoms with van der Waals surface area (Å²) in [5, 5.41) is 0.737. The molecule has 3 aromatic rings. The predicted octanol–water partition coefficient (Wildman–Crippen LogP) is 3.29. The normalized spacial score (nSPS) is 15.5. The van der Waals surface area contributed by atoms with Crippen molar-refractivity contribution < 1.29 is 0 Å². The molecule has 128 valence electrons. The van der Waals surface area contributed by atoms with Gasteiger partial charge in [0.15, 0.2) is 0 Å². The topological polar surface area (TPSA) is 61.9 Å². The van der Waals surface area contributed by atoms with Crippen LogP contribution in [0.3, 0.4) is 0 Å². The van der Waals surface area contributed by atoms with Gasteiger partial charge < -0.3 is 4.98 Å². The smallest absolute Gasteiger partial charge is 0.259 e. The van der Waals surface area contributed by atoms with Crippen LogP contribution in [0.1, 0.15) is 28.2 Å². The van der Waals surface area contributed by atoms with Crippen LogP contribution >= 0.6 is 11.3 Å². The van der Waals surface area contributed by atoms with Crippen molar-refractivity contribution in [3.05, 3.63) is 62.8 Å². The van der Waals surface area contributed by atoms with E-state index >= 15 is 0 Å². The van der Waals surface area contributed by atoms with Crippen LogP contribution in [0.25, 0.3) is 15.8 Å². The van der Waals surface area contributed by atoms with Crippen molar-refractivity contribution in [2.24, 2.45) is 0 Å². The van der Waals surface area contributed by atoms with Gasteiger partial charge in [-0.3, -0.25) is 14.7 Å². The number of nitrogens with zero attached hydrogens (tertiary/aromatic N) is 3. The molecule has 0 radical (unpaired) electrons. The number of aromatic amines is 1. The third-order valence-corrected chi connectivity index (χ3v) is 5.82. The molecule has 0 fully saturated rings. The Morgan fingerprint density at radius 3 is 3.04 bits per heavy atom. The van der Waals surface area contributed by atoms with Gasteiger partial charge in [-0.05, 0) is 43.0 Å². The van der Waals surface area contributed by atoms with E-state index in [2.05, 4.69) is 27.0 Å². The molecule has 1 N–H and O–H groups in total. The molecule has 0 aromatic carbocycles. The molecule has 0 saturated heterocycles. The van der Waals surface area contributed by atoms with Crippen LogP contribution in [-0.4, -0.2) is 32.9 Å². The van der Waals surface area contributed by atoms with Crippen molar-refractivity contribution in [1.29, 1.82) is 0 Å². The number of thiophene rings is 1. The number of pyridine rings is 1. The Kier molecular flexibility index (Phi) is 4.23. The van der Waals surface area contributed by atoms with E-state index in [9.17, 15) is 4.79 Å². The fourth-order valence-corrected chi connectivity index (χ4v) is 4.34. The average Bonchev–Trinajstić information content (AvgIpc) is 2.90. The fraction of sp³-hybridized carbons (Fsp3) is 0.316. The lowest BCUT2D eigenvalue weighted by Gasteiger charge is -2.26. The summed E-state index contributed by atoms with van der Waals surface area (Å²) in [6, 6.07) is 4.05. The molecular formula is C19H20N4OS. The zero-order chi connectivity index (χ0) is 17.4. The average molecular weight is 352 g/mol. The number of H-pyrrole nitrogens is 1. The Morgan fingerprint density at radius 2 is 2.24 bits per heavy atom. The minimum absolute atomic E-state index is 0.0260. The van der Waals surface area contributed by atoms with E-state index in [1.54, 1.807) is 17.5 Å². The molecular weight excluding hydrogens is 332 g/mol. The minimum Gasteiger partial charge on any atom is -0.309 e. The maximum atomic E-state index is 12.4. The second-order valence-electron chi connectivity index (χ2n) is 6.45. The quantitative estimate of drug-likeness (QED) is 0.786. The summed E-state index contributed by atoms with van der Waals surface area (Å²) < 4.78 is 0. The van der Waals surface area contributed by atoms with E-state index in [0.29, 0.717) is 6.54 Å². The number of hydrogen-bond donors (Lipinski definition) is 1. The summed E-state index contributed by atoms with van der Waals surface area (Å²) in [7, 11) is 0. The highest BCUT2D eigenvalue weighted by molar-refractivity contribution is 7.18. The Hall–Kier alpha value is -2.31. The SMILES string of the molecule is Cc1sc2nc(CN3CCC=C(c4cccnc4)C3)[nH]c(=O)c2c1C. The van der Waals surface area contributed by atoms with Crippen LogP contribution in [-0.2, 0) is 6.54 Å². The largest absolute Gasteiger partial charge is 0.309 e. The monoisotopic (exact) mass is 352 g/mol. The molecule has 0 amide bonds. The molecule has 0 aliphatic carbocycles. The molecule has 0 bridgehead atoms. The van der Waals surface area contributed by atoms with Crippen LogP contribution in [0.2, 0.25) is 0 Å². The second kappa shape index (κ2) is 6.54. The van der Waals surface area contributed by atoms with Gasteiger partial charge in [-0.15, -0.1) is 11.3 Å². The van der Waals surface area contributed by atoms with Crippen LogP contribution < -0.4 is 5.56 Å². The lowest BCUT2D eigenvalue weighted by molar-refractivity contribution is 0.289. The first kappa shape index (κ1) is 16.2.